The van der Waals surface area contributed by atoms with E-state index in [-0.39, 0.29) is 12.2 Å². The third-order valence-electron chi connectivity index (χ3n) is 5.43. The van der Waals surface area contributed by atoms with E-state index < -0.39 is 17.8 Å². The molecule has 184 valence electrons. The van der Waals surface area contributed by atoms with Crippen LogP contribution in [0.2, 0.25) is 0 Å². The molecule has 1 aliphatic rings. The number of hydrogen-bond donors (Lipinski definition) is 1. The minimum atomic E-state index is -0.820. The van der Waals surface area contributed by atoms with Gasteiger partial charge in [-0.2, -0.15) is 0 Å². The summed E-state index contributed by atoms with van der Waals surface area (Å²) < 4.78 is 16.9. The van der Waals surface area contributed by atoms with Crippen molar-refractivity contribution in [1.29, 1.82) is 0 Å². The van der Waals surface area contributed by atoms with Crippen molar-refractivity contribution in [1.82, 2.24) is 5.32 Å². The molecule has 0 atom stereocenters. The first kappa shape index (κ1) is 24.5. The Morgan fingerprint density at radius 1 is 0.889 bits per heavy atom. The molecule has 36 heavy (non-hydrogen) atoms. The highest BCUT2D eigenvalue weighted by Crippen LogP contribution is 2.30. The molecule has 1 fully saturated rings. The number of imide groups is 2. The Bertz CT molecular complexity index is 1290. The summed E-state index contributed by atoms with van der Waals surface area (Å²) in [6, 6.07) is 20.4. The van der Waals surface area contributed by atoms with Gasteiger partial charge in [0.05, 0.1) is 19.4 Å². The van der Waals surface area contributed by atoms with Crippen LogP contribution in [0.3, 0.4) is 0 Å². The molecule has 1 saturated heterocycles. The van der Waals surface area contributed by atoms with E-state index in [1.165, 1.54) is 13.2 Å². The SMILES string of the molecule is CCCOc1ccc(N2C(=O)NC(=O)/C(=C/c3ccc(OC)cc3OCc3ccccc3)C2=O)cc1. The molecule has 1 N–H and O–H groups in total. The van der Waals surface area contributed by atoms with Gasteiger partial charge in [0.2, 0.25) is 0 Å². The second-order valence-electron chi connectivity index (χ2n) is 7.98. The highest BCUT2D eigenvalue weighted by Gasteiger charge is 2.37. The first-order valence-electron chi connectivity index (χ1n) is 11.5. The lowest BCUT2D eigenvalue weighted by Gasteiger charge is -2.26. The standard InChI is InChI=1S/C28H26N2O6/c1-3-15-35-22-13-10-21(11-14-22)30-27(32)24(26(31)29-28(30)33)16-20-9-12-23(34-2)17-25(20)36-18-19-7-5-4-6-8-19/h4-14,16-17H,3,15,18H2,1-2H3,(H,29,31,33)/b24-16-. The van der Waals surface area contributed by atoms with Gasteiger partial charge in [-0.05, 0) is 54.5 Å². The molecule has 0 spiro atoms. The monoisotopic (exact) mass is 486 g/mol. The topological polar surface area (TPSA) is 94.2 Å². The molecular formula is C28H26N2O6. The lowest BCUT2D eigenvalue weighted by Crippen LogP contribution is -2.54. The zero-order valence-corrected chi connectivity index (χ0v) is 20.0. The van der Waals surface area contributed by atoms with Crippen molar-refractivity contribution < 1.29 is 28.6 Å². The van der Waals surface area contributed by atoms with E-state index in [1.54, 1.807) is 42.5 Å². The maximum atomic E-state index is 13.3. The molecular weight excluding hydrogens is 460 g/mol. The van der Waals surface area contributed by atoms with Crippen LogP contribution < -0.4 is 24.4 Å². The number of amides is 4. The van der Waals surface area contributed by atoms with E-state index in [9.17, 15) is 14.4 Å². The van der Waals surface area contributed by atoms with Crippen molar-refractivity contribution in [2.24, 2.45) is 0 Å². The van der Waals surface area contributed by atoms with Gasteiger partial charge in [-0.1, -0.05) is 37.3 Å². The number of hydrogen-bond acceptors (Lipinski definition) is 6. The fraction of sp³-hybridized carbons (Fsp3) is 0.179. The predicted octanol–water partition coefficient (Wildman–Crippen LogP) is 4.73. The molecule has 3 aromatic rings. The predicted molar refractivity (Wildman–Crippen MR) is 135 cm³/mol. The second-order valence-corrected chi connectivity index (χ2v) is 7.98. The molecule has 8 heteroatoms. The average Bonchev–Trinajstić information content (AvgIpc) is 2.90. The maximum Gasteiger partial charge on any atom is 0.335 e. The van der Waals surface area contributed by atoms with Crippen LogP contribution in [-0.2, 0) is 16.2 Å². The van der Waals surface area contributed by atoms with Gasteiger partial charge >= 0.3 is 6.03 Å². The Kier molecular flexibility index (Phi) is 7.65. The van der Waals surface area contributed by atoms with E-state index >= 15 is 0 Å². The number of carbonyl (C=O) groups excluding carboxylic acids is 3. The highest BCUT2D eigenvalue weighted by molar-refractivity contribution is 6.39. The number of methoxy groups -OCH3 is 1. The van der Waals surface area contributed by atoms with Gasteiger partial charge in [0.1, 0.15) is 29.4 Å². The number of nitrogens with zero attached hydrogens (tertiary/aromatic N) is 1. The largest absolute Gasteiger partial charge is 0.497 e. The number of ether oxygens (including phenoxy) is 3. The van der Waals surface area contributed by atoms with E-state index in [0.29, 0.717) is 35.1 Å². The van der Waals surface area contributed by atoms with Crippen LogP contribution in [0, 0.1) is 0 Å². The molecule has 1 aliphatic heterocycles. The molecule has 0 unspecified atom stereocenters. The number of urea groups is 1. The van der Waals surface area contributed by atoms with Crippen molar-refractivity contribution in [3.63, 3.8) is 0 Å². The Morgan fingerprint density at radius 3 is 2.31 bits per heavy atom. The molecule has 0 saturated carbocycles. The van der Waals surface area contributed by atoms with Gasteiger partial charge < -0.3 is 14.2 Å². The Balaban J connectivity index is 1.63. The number of barbiturate groups is 1. The van der Waals surface area contributed by atoms with E-state index in [2.05, 4.69) is 5.32 Å². The molecule has 0 aliphatic carbocycles. The van der Waals surface area contributed by atoms with E-state index in [1.807, 2.05) is 37.3 Å². The Morgan fingerprint density at radius 2 is 1.61 bits per heavy atom. The number of carbonyl (C=O) groups is 3. The molecule has 1 heterocycles. The summed E-state index contributed by atoms with van der Waals surface area (Å²) in [6.07, 6.45) is 2.27. The summed E-state index contributed by atoms with van der Waals surface area (Å²) in [5.41, 5.74) is 1.56. The Labute approximate surface area is 209 Å². The van der Waals surface area contributed by atoms with E-state index in [0.717, 1.165) is 16.9 Å². The quantitative estimate of drug-likeness (QED) is 0.347. The van der Waals surface area contributed by atoms with Gasteiger partial charge in [-0.25, -0.2) is 9.69 Å². The van der Waals surface area contributed by atoms with Gasteiger partial charge in [0.15, 0.2) is 0 Å². The summed E-state index contributed by atoms with van der Waals surface area (Å²) in [6.45, 7) is 2.83. The average molecular weight is 487 g/mol. The summed E-state index contributed by atoms with van der Waals surface area (Å²) in [5.74, 6) is 0.0783. The van der Waals surface area contributed by atoms with E-state index in [4.69, 9.17) is 14.2 Å². The first-order valence-corrected chi connectivity index (χ1v) is 11.5. The third-order valence-corrected chi connectivity index (χ3v) is 5.43. The minimum absolute atomic E-state index is 0.198. The molecule has 0 radical (unpaired) electrons. The molecule has 8 nitrogen and oxygen atoms in total. The van der Waals surface area contributed by atoms with Gasteiger partial charge in [-0.15, -0.1) is 0 Å². The molecule has 4 rings (SSSR count). The fourth-order valence-electron chi connectivity index (χ4n) is 3.58. The normalized spacial score (nSPS) is 14.6. The van der Waals surface area contributed by atoms with Crippen molar-refractivity contribution >= 4 is 29.6 Å². The zero-order valence-electron chi connectivity index (χ0n) is 20.0. The molecule has 3 aromatic carbocycles. The smallest absolute Gasteiger partial charge is 0.335 e. The summed E-state index contributed by atoms with van der Waals surface area (Å²) in [7, 11) is 1.54. The van der Waals surface area contributed by atoms with Crippen LogP contribution in [-0.4, -0.2) is 31.6 Å². The first-order chi connectivity index (χ1) is 17.5. The van der Waals surface area contributed by atoms with Crippen LogP contribution in [0.25, 0.3) is 6.08 Å². The number of rotatable bonds is 9. The number of anilines is 1. The van der Waals surface area contributed by atoms with Crippen LogP contribution >= 0.6 is 0 Å². The number of nitrogens with one attached hydrogen (secondary N) is 1. The van der Waals surface area contributed by atoms with Crippen molar-refractivity contribution in [2.75, 3.05) is 18.6 Å². The summed E-state index contributed by atoms with van der Waals surface area (Å²) in [5, 5.41) is 2.24. The van der Waals surface area contributed by atoms with Crippen LogP contribution in [0.1, 0.15) is 24.5 Å². The van der Waals surface area contributed by atoms with Crippen LogP contribution in [0.5, 0.6) is 17.2 Å². The number of benzene rings is 3. The third kappa shape index (κ3) is 5.55. The molecule has 0 aromatic heterocycles. The van der Waals surface area contributed by atoms with Crippen LogP contribution in [0.15, 0.2) is 78.4 Å². The summed E-state index contributed by atoms with van der Waals surface area (Å²) in [4.78, 5) is 39.4. The highest BCUT2D eigenvalue weighted by atomic mass is 16.5. The van der Waals surface area contributed by atoms with Crippen molar-refractivity contribution in [3.05, 3.63) is 89.5 Å². The minimum Gasteiger partial charge on any atom is -0.497 e. The van der Waals surface area contributed by atoms with Gasteiger partial charge in [0.25, 0.3) is 11.8 Å². The fourth-order valence-corrected chi connectivity index (χ4v) is 3.58. The Hall–Kier alpha value is -4.59. The summed E-state index contributed by atoms with van der Waals surface area (Å²) >= 11 is 0. The lowest BCUT2D eigenvalue weighted by molar-refractivity contribution is -0.122. The van der Waals surface area contributed by atoms with Gasteiger partial charge in [0, 0.05) is 11.6 Å². The lowest BCUT2D eigenvalue weighted by atomic mass is 10.1. The zero-order chi connectivity index (χ0) is 25.5. The van der Waals surface area contributed by atoms with Gasteiger partial charge in [-0.3, -0.25) is 14.9 Å². The van der Waals surface area contributed by atoms with Crippen molar-refractivity contribution in [3.8, 4) is 17.2 Å². The molecule has 4 amide bonds. The second kappa shape index (κ2) is 11.2. The molecule has 0 bridgehead atoms. The van der Waals surface area contributed by atoms with Crippen LogP contribution in [0.4, 0.5) is 10.5 Å². The van der Waals surface area contributed by atoms with Crippen molar-refractivity contribution in [2.45, 2.75) is 20.0 Å². The maximum absolute atomic E-state index is 13.3.